The van der Waals surface area contributed by atoms with E-state index in [1.165, 1.54) is 6.07 Å². The fourth-order valence-corrected chi connectivity index (χ4v) is 2.89. The van der Waals surface area contributed by atoms with Gasteiger partial charge in [-0.3, -0.25) is 0 Å². The molecule has 0 atom stereocenters. The van der Waals surface area contributed by atoms with Crippen LogP contribution in [-0.2, 0) is 6.54 Å². The van der Waals surface area contributed by atoms with Crippen molar-refractivity contribution in [1.82, 2.24) is 9.55 Å². The smallest absolute Gasteiger partial charge is 0.193 e. The van der Waals surface area contributed by atoms with Crippen LogP contribution in [0.15, 0.2) is 53.8 Å². The lowest BCUT2D eigenvalue weighted by Crippen LogP contribution is -2.22. The number of rotatable bonds is 4. The largest absolute Gasteiger partial charge is 0.370 e. The Bertz CT molecular complexity index is 945. The highest BCUT2D eigenvalue weighted by atomic mass is 127. The van der Waals surface area contributed by atoms with E-state index >= 15 is 0 Å². The van der Waals surface area contributed by atoms with Crippen molar-refractivity contribution in [2.45, 2.75) is 27.3 Å². The Kier molecular flexibility index (Phi) is 6.95. The summed E-state index contributed by atoms with van der Waals surface area (Å²) in [5.74, 6) is 0.709. The second kappa shape index (κ2) is 8.98. The molecule has 1 aromatic heterocycles. The molecule has 0 aliphatic heterocycles. The maximum Gasteiger partial charge on any atom is 0.193 e. The van der Waals surface area contributed by atoms with Gasteiger partial charge in [-0.15, -0.1) is 24.0 Å². The average molecular weight is 479 g/mol. The molecular weight excluding hydrogens is 456 g/mol. The third-order valence-electron chi connectivity index (χ3n) is 4.02. The van der Waals surface area contributed by atoms with E-state index in [1.54, 1.807) is 23.0 Å². The van der Waals surface area contributed by atoms with E-state index in [2.05, 4.69) is 21.4 Å². The van der Waals surface area contributed by atoms with Crippen LogP contribution in [0.3, 0.4) is 0 Å². The molecule has 27 heavy (non-hydrogen) atoms. The van der Waals surface area contributed by atoms with Crippen LogP contribution in [0.2, 0.25) is 0 Å². The number of aromatic nitrogens is 2. The number of nitrogens with two attached hydrogens (primary N) is 1. The Morgan fingerprint density at radius 2 is 1.85 bits per heavy atom. The lowest BCUT2D eigenvalue weighted by Gasteiger charge is -2.09. The van der Waals surface area contributed by atoms with Crippen molar-refractivity contribution in [2.24, 2.45) is 10.7 Å². The summed E-state index contributed by atoms with van der Waals surface area (Å²) in [4.78, 5) is 8.42. The average Bonchev–Trinajstić information content (AvgIpc) is 2.98. The molecule has 0 radical (unpaired) electrons. The fourth-order valence-electron chi connectivity index (χ4n) is 2.89. The van der Waals surface area contributed by atoms with Crippen molar-refractivity contribution in [1.29, 1.82) is 0 Å². The number of anilines is 1. The van der Waals surface area contributed by atoms with Gasteiger partial charge in [-0.2, -0.15) is 0 Å². The predicted octanol–water partition coefficient (Wildman–Crippen LogP) is 4.48. The highest BCUT2D eigenvalue weighted by Crippen LogP contribution is 2.17. The molecule has 5 nitrogen and oxygen atoms in total. The number of hydrogen-bond donors (Lipinski definition) is 2. The third-order valence-corrected chi connectivity index (χ3v) is 4.02. The van der Waals surface area contributed by atoms with E-state index in [4.69, 9.17) is 5.73 Å². The monoisotopic (exact) mass is 479 g/mol. The molecule has 0 aliphatic carbocycles. The predicted molar refractivity (Wildman–Crippen MR) is 119 cm³/mol. The number of imidazole rings is 1. The summed E-state index contributed by atoms with van der Waals surface area (Å²) >= 11 is 0. The Labute approximate surface area is 175 Å². The molecule has 0 bridgehead atoms. The number of benzene rings is 2. The standard InChI is InChI=1S/C20H22FN5.HI/c1-13-8-14(2)10-17(9-13)25-20(22)24-12-16-4-5-19(18(21)11-16)26-7-6-23-15(26)3;/h4-11H,12H2,1-3H3,(H3,22,24,25);1H. The molecule has 2 aromatic carbocycles. The molecule has 142 valence electrons. The lowest BCUT2D eigenvalue weighted by atomic mass is 10.1. The highest BCUT2D eigenvalue weighted by molar-refractivity contribution is 14.0. The van der Waals surface area contributed by atoms with Gasteiger partial charge in [0.2, 0.25) is 0 Å². The highest BCUT2D eigenvalue weighted by Gasteiger charge is 2.08. The molecule has 3 N–H and O–H groups in total. The van der Waals surface area contributed by atoms with Crippen LogP contribution in [0.4, 0.5) is 10.1 Å². The number of guanidine groups is 1. The van der Waals surface area contributed by atoms with Gasteiger partial charge in [0.05, 0.1) is 12.2 Å². The summed E-state index contributed by atoms with van der Waals surface area (Å²) < 4.78 is 16.1. The van der Waals surface area contributed by atoms with E-state index in [0.717, 1.165) is 28.2 Å². The van der Waals surface area contributed by atoms with Gasteiger partial charge < -0.3 is 15.6 Å². The number of halogens is 2. The quantitative estimate of drug-likeness (QED) is 0.330. The number of nitrogens with one attached hydrogen (secondary N) is 1. The summed E-state index contributed by atoms with van der Waals surface area (Å²) in [5.41, 5.74) is 10.3. The molecule has 0 spiro atoms. The SMILES string of the molecule is Cc1cc(C)cc(NC(N)=NCc2ccc(-n3ccnc3C)c(F)c2)c1.I. The zero-order valence-corrected chi connectivity index (χ0v) is 17.9. The van der Waals surface area contributed by atoms with Crippen LogP contribution in [0.1, 0.15) is 22.5 Å². The van der Waals surface area contributed by atoms with Crippen molar-refractivity contribution in [2.75, 3.05) is 5.32 Å². The molecule has 0 unspecified atom stereocenters. The number of aliphatic imine (C=N–C) groups is 1. The van der Waals surface area contributed by atoms with Crippen molar-refractivity contribution in [3.63, 3.8) is 0 Å². The minimum Gasteiger partial charge on any atom is -0.370 e. The number of aryl methyl sites for hydroxylation is 3. The topological polar surface area (TPSA) is 68.2 Å². The second-order valence-corrected chi connectivity index (χ2v) is 6.33. The van der Waals surface area contributed by atoms with E-state index in [0.29, 0.717) is 18.2 Å². The van der Waals surface area contributed by atoms with Gasteiger partial charge >= 0.3 is 0 Å². The normalized spacial score (nSPS) is 11.2. The van der Waals surface area contributed by atoms with Crippen LogP contribution < -0.4 is 11.1 Å². The van der Waals surface area contributed by atoms with E-state index < -0.39 is 0 Å². The Hall–Kier alpha value is -2.42. The first kappa shape index (κ1) is 20.9. The molecule has 1 heterocycles. The minimum atomic E-state index is -0.320. The van der Waals surface area contributed by atoms with Crippen LogP contribution in [-0.4, -0.2) is 15.5 Å². The molecule has 0 saturated carbocycles. The minimum absolute atomic E-state index is 0. The zero-order chi connectivity index (χ0) is 18.7. The van der Waals surface area contributed by atoms with Crippen molar-refractivity contribution in [3.05, 3.63) is 77.1 Å². The first-order valence-electron chi connectivity index (χ1n) is 8.36. The molecule has 0 saturated heterocycles. The molecule has 3 aromatic rings. The van der Waals surface area contributed by atoms with Gasteiger partial charge in [0, 0.05) is 18.1 Å². The zero-order valence-electron chi connectivity index (χ0n) is 15.5. The molecule has 7 heteroatoms. The number of hydrogen-bond acceptors (Lipinski definition) is 2. The van der Waals surface area contributed by atoms with Gasteiger partial charge in [-0.05, 0) is 61.7 Å². The molecule has 3 rings (SSSR count). The van der Waals surface area contributed by atoms with E-state index in [-0.39, 0.29) is 29.8 Å². The first-order valence-corrected chi connectivity index (χ1v) is 8.36. The second-order valence-electron chi connectivity index (χ2n) is 6.33. The Morgan fingerprint density at radius 3 is 2.44 bits per heavy atom. The van der Waals surface area contributed by atoms with Crippen LogP contribution in [0, 0.1) is 26.6 Å². The van der Waals surface area contributed by atoms with Gasteiger partial charge in [0.15, 0.2) is 5.96 Å². The molecule has 0 amide bonds. The summed E-state index contributed by atoms with van der Waals surface area (Å²) in [6.45, 7) is 6.18. The lowest BCUT2D eigenvalue weighted by molar-refractivity contribution is 0.614. The summed E-state index contributed by atoms with van der Waals surface area (Å²) in [6.07, 6.45) is 3.38. The molecule has 0 aliphatic rings. The van der Waals surface area contributed by atoms with Crippen LogP contribution >= 0.6 is 24.0 Å². The summed E-state index contributed by atoms with van der Waals surface area (Å²) in [7, 11) is 0. The van der Waals surface area contributed by atoms with Crippen molar-refractivity contribution >= 4 is 35.6 Å². The van der Waals surface area contributed by atoms with Crippen molar-refractivity contribution < 1.29 is 4.39 Å². The summed E-state index contributed by atoms with van der Waals surface area (Å²) in [5, 5.41) is 3.07. The third kappa shape index (κ3) is 5.29. The van der Waals surface area contributed by atoms with Gasteiger partial charge in [-0.25, -0.2) is 14.4 Å². The maximum atomic E-state index is 14.4. The Balaban J connectivity index is 0.00000261. The maximum absolute atomic E-state index is 14.4. The fraction of sp³-hybridized carbons (Fsp3) is 0.200. The van der Waals surface area contributed by atoms with E-state index in [9.17, 15) is 4.39 Å². The van der Waals surface area contributed by atoms with Crippen molar-refractivity contribution in [3.8, 4) is 5.69 Å². The van der Waals surface area contributed by atoms with Crippen LogP contribution in [0.25, 0.3) is 5.69 Å². The summed E-state index contributed by atoms with van der Waals surface area (Å²) in [6, 6.07) is 11.1. The van der Waals surface area contributed by atoms with Crippen LogP contribution in [0.5, 0.6) is 0 Å². The first-order chi connectivity index (χ1) is 12.4. The van der Waals surface area contributed by atoms with Gasteiger partial charge in [-0.1, -0.05) is 12.1 Å². The van der Waals surface area contributed by atoms with E-state index in [1.807, 2.05) is 39.0 Å². The Morgan fingerprint density at radius 1 is 1.15 bits per heavy atom. The molecule has 0 fully saturated rings. The van der Waals surface area contributed by atoms with Gasteiger partial charge in [0.1, 0.15) is 11.6 Å². The molecular formula is C20H23FIN5. The van der Waals surface area contributed by atoms with Gasteiger partial charge in [0.25, 0.3) is 0 Å². The number of nitrogens with zero attached hydrogens (tertiary/aromatic N) is 3.